The predicted molar refractivity (Wildman–Crippen MR) is 159 cm³/mol. The van der Waals surface area contributed by atoms with Crippen LogP contribution in [0, 0.1) is 11.7 Å². The summed E-state index contributed by atoms with van der Waals surface area (Å²) in [6, 6.07) is 24.3. The zero-order valence-corrected chi connectivity index (χ0v) is 23.9. The van der Waals surface area contributed by atoms with E-state index in [1.807, 2.05) is 59.5 Å². The lowest BCUT2D eigenvalue weighted by atomic mass is 9.74. The number of methoxy groups -OCH3 is 1. The summed E-state index contributed by atoms with van der Waals surface area (Å²) in [5, 5.41) is 3.26. The molecule has 5 rings (SSSR count). The van der Waals surface area contributed by atoms with E-state index in [1.54, 1.807) is 19.2 Å². The van der Waals surface area contributed by atoms with E-state index < -0.39 is 0 Å². The first kappa shape index (κ1) is 29.0. The maximum Gasteiger partial charge on any atom is 0.254 e. The fourth-order valence-electron chi connectivity index (χ4n) is 6.60. The van der Waals surface area contributed by atoms with E-state index in [0.29, 0.717) is 18.7 Å². The molecule has 0 heterocycles. The molecule has 3 aromatic carbocycles. The summed E-state index contributed by atoms with van der Waals surface area (Å²) < 4.78 is 18.9. The summed E-state index contributed by atoms with van der Waals surface area (Å²) in [4.78, 5) is 29.3. The molecule has 216 valence electrons. The topological polar surface area (TPSA) is 58.6 Å². The van der Waals surface area contributed by atoms with Gasteiger partial charge in [0.1, 0.15) is 5.82 Å². The molecule has 2 amide bonds. The van der Waals surface area contributed by atoms with E-state index in [4.69, 9.17) is 4.74 Å². The van der Waals surface area contributed by atoms with Crippen LogP contribution in [0.3, 0.4) is 0 Å². The molecule has 41 heavy (non-hydrogen) atoms. The van der Waals surface area contributed by atoms with Gasteiger partial charge in [0, 0.05) is 31.2 Å². The van der Waals surface area contributed by atoms with Crippen LogP contribution in [0.25, 0.3) is 0 Å². The van der Waals surface area contributed by atoms with E-state index in [9.17, 15) is 14.0 Å². The summed E-state index contributed by atoms with van der Waals surface area (Å²) in [6.07, 6.45) is 8.15. The maximum absolute atomic E-state index is 13.8. The maximum atomic E-state index is 13.8. The summed E-state index contributed by atoms with van der Waals surface area (Å²) in [6.45, 7) is 0.889. The molecule has 0 unspecified atom stereocenters. The van der Waals surface area contributed by atoms with E-state index in [0.717, 1.165) is 68.1 Å². The Bertz CT molecular complexity index is 1270. The van der Waals surface area contributed by atoms with Crippen molar-refractivity contribution in [2.24, 2.45) is 5.92 Å². The average molecular weight is 557 g/mol. The molecule has 3 atom stereocenters. The van der Waals surface area contributed by atoms with Gasteiger partial charge < -0.3 is 15.0 Å². The summed E-state index contributed by atoms with van der Waals surface area (Å²) in [7, 11) is 1.65. The second-order valence-corrected chi connectivity index (χ2v) is 11.5. The van der Waals surface area contributed by atoms with E-state index >= 15 is 0 Å². The highest BCUT2D eigenvalue weighted by Gasteiger charge is 2.34. The van der Waals surface area contributed by atoms with Gasteiger partial charge in [-0.1, -0.05) is 80.3 Å². The molecule has 6 heteroatoms. The van der Waals surface area contributed by atoms with Gasteiger partial charge >= 0.3 is 0 Å². The monoisotopic (exact) mass is 556 g/mol. The number of nitrogens with zero attached hydrogens (tertiary/aromatic N) is 1. The molecule has 2 saturated carbocycles. The molecular formula is C35H41FN2O3. The van der Waals surface area contributed by atoms with Gasteiger partial charge in [0.2, 0.25) is 5.91 Å². The Morgan fingerprint density at radius 3 is 2.22 bits per heavy atom. The molecule has 5 nitrogen and oxygen atoms in total. The van der Waals surface area contributed by atoms with E-state index in [-0.39, 0.29) is 41.6 Å². The molecule has 0 bridgehead atoms. The minimum Gasteiger partial charge on any atom is -0.382 e. The fraction of sp³-hybridized carbons (Fsp3) is 0.429. The number of ether oxygens (including phenoxy) is 1. The SMILES string of the molecule is COC[C@H](NC(=O)[C@H]1CCCC[C@@H]1c1ccc(C(=O)N(Cc2ccc(F)cc2)C2CCCC2)cc1)c1ccccc1. The molecule has 0 spiro atoms. The highest BCUT2D eigenvalue weighted by molar-refractivity contribution is 5.94. The van der Waals surface area contributed by atoms with Crippen molar-refractivity contribution in [3.63, 3.8) is 0 Å². The van der Waals surface area contributed by atoms with Crippen LogP contribution in [-0.2, 0) is 16.1 Å². The molecular weight excluding hydrogens is 515 g/mol. The third-order valence-electron chi connectivity index (χ3n) is 8.83. The molecule has 0 aliphatic heterocycles. The van der Waals surface area contributed by atoms with Crippen molar-refractivity contribution in [2.45, 2.75) is 75.9 Å². The van der Waals surface area contributed by atoms with Crippen molar-refractivity contribution < 1.29 is 18.7 Å². The van der Waals surface area contributed by atoms with Crippen LogP contribution in [-0.4, -0.2) is 36.5 Å². The fourth-order valence-corrected chi connectivity index (χ4v) is 6.60. The van der Waals surface area contributed by atoms with E-state index in [2.05, 4.69) is 5.32 Å². The molecule has 0 radical (unpaired) electrons. The zero-order chi connectivity index (χ0) is 28.6. The van der Waals surface area contributed by atoms with Crippen LogP contribution >= 0.6 is 0 Å². The number of carbonyl (C=O) groups is 2. The van der Waals surface area contributed by atoms with Gasteiger partial charge in [-0.15, -0.1) is 0 Å². The predicted octanol–water partition coefficient (Wildman–Crippen LogP) is 7.19. The van der Waals surface area contributed by atoms with Crippen molar-refractivity contribution in [3.8, 4) is 0 Å². The summed E-state index contributed by atoms with van der Waals surface area (Å²) >= 11 is 0. The number of rotatable bonds is 10. The van der Waals surface area contributed by atoms with Crippen LogP contribution in [0.2, 0.25) is 0 Å². The first-order chi connectivity index (χ1) is 20.0. The number of carbonyl (C=O) groups excluding carboxylic acids is 2. The van der Waals surface area contributed by atoms with Crippen LogP contribution in [0.5, 0.6) is 0 Å². The van der Waals surface area contributed by atoms with Gasteiger partial charge in [-0.3, -0.25) is 9.59 Å². The first-order valence-corrected chi connectivity index (χ1v) is 15.0. The standard InChI is InChI=1S/C35H41FN2O3/c1-41-24-33(27-9-3-2-4-10-27)37-34(39)32-14-8-7-13-31(32)26-17-19-28(20-18-26)35(40)38(30-11-5-6-12-30)23-25-15-21-29(36)22-16-25/h2-4,9-10,15-22,30-33H,5-8,11-14,23-24H2,1H3,(H,37,39)/t31-,32+,33+/m1/s1. The molecule has 2 fully saturated rings. The quantitative estimate of drug-likeness (QED) is 0.288. The second-order valence-electron chi connectivity index (χ2n) is 11.5. The second kappa shape index (κ2) is 13.9. The molecule has 3 aromatic rings. The van der Waals surface area contributed by atoms with E-state index in [1.165, 1.54) is 12.1 Å². The smallest absolute Gasteiger partial charge is 0.254 e. The molecule has 2 aliphatic carbocycles. The van der Waals surface area contributed by atoms with Gasteiger partial charge in [-0.2, -0.15) is 0 Å². The van der Waals surface area contributed by atoms with Crippen molar-refractivity contribution in [1.29, 1.82) is 0 Å². The Morgan fingerprint density at radius 2 is 1.54 bits per heavy atom. The van der Waals surface area contributed by atoms with Gasteiger partial charge in [0.15, 0.2) is 0 Å². The van der Waals surface area contributed by atoms with Crippen molar-refractivity contribution in [2.75, 3.05) is 13.7 Å². The van der Waals surface area contributed by atoms with Crippen molar-refractivity contribution >= 4 is 11.8 Å². The minimum atomic E-state index is -0.271. The lowest BCUT2D eigenvalue weighted by Gasteiger charge is -2.33. The van der Waals surface area contributed by atoms with Crippen LogP contribution < -0.4 is 5.32 Å². The third kappa shape index (κ3) is 7.23. The highest BCUT2D eigenvalue weighted by atomic mass is 19.1. The first-order valence-electron chi connectivity index (χ1n) is 15.0. The minimum absolute atomic E-state index is 0.0102. The number of amides is 2. The Kier molecular flexibility index (Phi) is 9.84. The van der Waals surface area contributed by atoms with Gasteiger partial charge in [0.25, 0.3) is 5.91 Å². The number of benzene rings is 3. The third-order valence-corrected chi connectivity index (χ3v) is 8.83. The molecule has 1 N–H and O–H groups in total. The largest absolute Gasteiger partial charge is 0.382 e. The summed E-state index contributed by atoms with van der Waals surface area (Å²) in [5.41, 5.74) is 3.73. The lowest BCUT2D eigenvalue weighted by Crippen LogP contribution is -2.39. The van der Waals surface area contributed by atoms with Crippen LogP contribution in [0.15, 0.2) is 78.9 Å². The van der Waals surface area contributed by atoms with Crippen LogP contribution in [0.1, 0.15) is 90.4 Å². The van der Waals surface area contributed by atoms with Gasteiger partial charge in [-0.25, -0.2) is 4.39 Å². The number of halogens is 1. The average Bonchev–Trinajstić information content (AvgIpc) is 3.56. The van der Waals surface area contributed by atoms with Gasteiger partial charge in [-0.05, 0) is 72.6 Å². The Hall–Kier alpha value is -3.51. The Balaban J connectivity index is 1.31. The number of nitrogens with one attached hydrogen (secondary N) is 1. The summed E-state index contributed by atoms with van der Waals surface area (Å²) in [5.74, 6) is -0.214. The van der Waals surface area contributed by atoms with Crippen molar-refractivity contribution in [1.82, 2.24) is 10.2 Å². The normalized spacial score (nSPS) is 20.0. The molecule has 0 aromatic heterocycles. The number of hydrogen-bond acceptors (Lipinski definition) is 3. The molecule has 0 saturated heterocycles. The Morgan fingerprint density at radius 1 is 0.878 bits per heavy atom. The molecule has 2 aliphatic rings. The van der Waals surface area contributed by atoms with Crippen LogP contribution in [0.4, 0.5) is 4.39 Å². The van der Waals surface area contributed by atoms with Gasteiger partial charge in [0.05, 0.1) is 12.6 Å². The highest BCUT2D eigenvalue weighted by Crippen LogP contribution is 2.38. The zero-order valence-electron chi connectivity index (χ0n) is 23.9. The lowest BCUT2D eigenvalue weighted by molar-refractivity contribution is -0.127. The van der Waals surface area contributed by atoms with Crippen molar-refractivity contribution in [3.05, 3.63) is 107 Å². The number of hydrogen-bond donors (Lipinski definition) is 1. The Labute approximate surface area is 243 Å².